The lowest BCUT2D eigenvalue weighted by Gasteiger charge is -2.31. The number of allylic oxidation sites excluding steroid dienone is 1. The molecule has 0 amide bonds. The van der Waals surface area contributed by atoms with Gasteiger partial charge in [0.1, 0.15) is 23.4 Å². The minimum Gasteiger partial charge on any atom is -0.508 e. The Kier molecular flexibility index (Phi) is 7.02. The number of likely N-dealkylation sites (tertiary alicyclic amines) is 1. The number of hydrogen-bond acceptors (Lipinski definition) is 4. The van der Waals surface area contributed by atoms with Crippen LogP contribution in [0.15, 0.2) is 72.8 Å². The molecule has 0 bridgehead atoms. The van der Waals surface area contributed by atoms with Crippen molar-refractivity contribution in [2.75, 3.05) is 33.0 Å². The van der Waals surface area contributed by atoms with Crippen LogP contribution in [-0.4, -0.2) is 48.1 Å². The number of aromatic hydroxyl groups is 2. The van der Waals surface area contributed by atoms with Crippen molar-refractivity contribution in [3.8, 4) is 17.2 Å². The van der Waals surface area contributed by atoms with E-state index in [1.165, 1.54) is 0 Å². The third kappa shape index (κ3) is 5.12. The molecule has 0 spiro atoms. The number of phenolic OH excluding ortho intramolecular Hbond substituents is 2. The largest absolute Gasteiger partial charge is 0.508 e. The lowest BCUT2D eigenvalue weighted by Crippen LogP contribution is -2.31. The monoisotopic (exact) mass is 503 g/mol. The van der Waals surface area contributed by atoms with Crippen LogP contribution in [0.25, 0.3) is 17.2 Å². The van der Waals surface area contributed by atoms with Gasteiger partial charge in [-0.25, -0.2) is 0 Å². The zero-order chi connectivity index (χ0) is 26.0. The Morgan fingerprint density at radius 1 is 1.00 bits per heavy atom. The van der Waals surface area contributed by atoms with E-state index < -0.39 is 24.9 Å². The van der Waals surface area contributed by atoms with E-state index in [1.54, 1.807) is 36.4 Å². The Bertz CT molecular complexity index is 1330. The minimum absolute atomic E-state index is 0.167. The molecule has 2 N–H and O–H groups in total. The standard InChI is InChI=1S/C31H31F2NO3/c1-21-27-17-26(36)11-12-28(27)37-30(29(21)24-5-2-6-25(35)16-24)23-9-7-22(8-10-23)4-3-14-34-15-13-31(18-32,19-33)20-34/h2-12,16-17,30,35-36H,13-15,18-20H2,1H3/b4-3-. The highest BCUT2D eigenvalue weighted by atomic mass is 19.1. The quantitative estimate of drug-likeness (QED) is 0.372. The van der Waals surface area contributed by atoms with Crippen molar-refractivity contribution in [2.24, 2.45) is 5.41 Å². The van der Waals surface area contributed by atoms with Gasteiger partial charge in [-0.2, -0.15) is 0 Å². The summed E-state index contributed by atoms with van der Waals surface area (Å²) in [5.41, 5.74) is 4.72. The topological polar surface area (TPSA) is 52.9 Å². The summed E-state index contributed by atoms with van der Waals surface area (Å²) < 4.78 is 33.0. The van der Waals surface area contributed by atoms with Gasteiger partial charge in [-0.15, -0.1) is 0 Å². The summed E-state index contributed by atoms with van der Waals surface area (Å²) in [6, 6.07) is 20.3. The molecule has 1 atom stereocenters. The molecule has 37 heavy (non-hydrogen) atoms. The van der Waals surface area contributed by atoms with E-state index in [0.717, 1.165) is 33.4 Å². The Hall–Kier alpha value is -3.64. The summed E-state index contributed by atoms with van der Waals surface area (Å²) in [7, 11) is 0. The number of benzene rings is 3. The van der Waals surface area contributed by atoms with Gasteiger partial charge >= 0.3 is 0 Å². The molecule has 3 aromatic carbocycles. The molecule has 1 unspecified atom stereocenters. The number of rotatable bonds is 7. The summed E-state index contributed by atoms with van der Waals surface area (Å²) in [5.74, 6) is 1.03. The molecule has 2 heterocycles. The molecule has 192 valence electrons. The summed E-state index contributed by atoms with van der Waals surface area (Å²) in [6.45, 7) is 2.59. The Labute approximate surface area is 216 Å². The fourth-order valence-electron chi connectivity index (χ4n) is 5.27. The molecule has 0 radical (unpaired) electrons. The van der Waals surface area contributed by atoms with E-state index in [2.05, 4.69) is 4.90 Å². The molecule has 0 saturated carbocycles. The lowest BCUT2D eigenvalue weighted by atomic mass is 9.86. The number of nitrogens with zero attached hydrogens (tertiary/aromatic N) is 1. The van der Waals surface area contributed by atoms with Gasteiger partial charge in [-0.05, 0) is 72.5 Å². The molecule has 4 nitrogen and oxygen atoms in total. The van der Waals surface area contributed by atoms with Gasteiger partial charge in [0.25, 0.3) is 0 Å². The molecule has 5 rings (SSSR count). The Balaban J connectivity index is 1.38. The fraction of sp³-hybridized carbons (Fsp3) is 0.290. The predicted molar refractivity (Wildman–Crippen MR) is 143 cm³/mol. The van der Waals surface area contributed by atoms with E-state index >= 15 is 0 Å². The molecule has 2 aliphatic heterocycles. The van der Waals surface area contributed by atoms with Gasteiger partial charge in [0, 0.05) is 29.6 Å². The highest BCUT2D eigenvalue weighted by molar-refractivity contribution is 5.95. The fourth-order valence-corrected chi connectivity index (χ4v) is 5.27. The van der Waals surface area contributed by atoms with E-state index in [9.17, 15) is 19.0 Å². The number of phenols is 2. The first kappa shape index (κ1) is 25.0. The van der Waals surface area contributed by atoms with Crippen molar-refractivity contribution in [3.63, 3.8) is 0 Å². The summed E-state index contributed by atoms with van der Waals surface area (Å²) in [4.78, 5) is 2.09. The first-order valence-corrected chi connectivity index (χ1v) is 12.5. The Morgan fingerprint density at radius 3 is 2.46 bits per heavy atom. The second kappa shape index (κ2) is 10.4. The van der Waals surface area contributed by atoms with Gasteiger partial charge in [0.2, 0.25) is 0 Å². The molecule has 1 saturated heterocycles. The average molecular weight is 504 g/mol. The van der Waals surface area contributed by atoms with Crippen LogP contribution in [0.5, 0.6) is 17.2 Å². The summed E-state index contributed by atoms with van der Waals surface area (Å²) in [5, 5.41) is 20.2. The zero-order valence-electron chi connectivity index (χ0n) is 20.8. The number of fused-ring (bicyclic) bond motifs is 1. The van der Waals surface area contributed by atoms with Crippen molar-refractivity contribution < 1.29 is 23.7 Å². The van der Waals surface area contributed by atoms with Crippen LogP contribution in [0.1, 0.15) is 41.7 Å². The maximum Gasteiger partial charge on any atom is 0.150 e. The number of alkyl halides is 2. The summed E-state index contributed by atoms with van der Waals surface area (Å²) in [6.07, 6.45) is 4.21. The summed E-state index contributed by atoms with van der Waals surface area (Å²) >= 11 is 0. The molecule has 6 heteroatoms. The molecule has 0 aromatic heterocycles. The normalized spacial score (nSPS) is 19.3. The highest BCUT2D eigenvalue weighted by Crippen LogP contribution is 2.47. The molecular formula is C31H31F2NO3. The number of ether oxygens (including phenoxy) is 1. The first-order valence-electron chi connectivity index (χ1n) is 12.5. The van der Waals surface area contributed by atoms with Gasteiger partial charge in [-0.3, -0.25) is 13.7 Å². The molecule has 2 aliphatic rings. The van der Waals surface area contributed by atoms with E-state index in [0.29, 0.717) is 31.8 Å². The van der Waals surface area contributed by atoms with E-state index in [4.69, 9.17) is 4.74 Å². The number of halogens is 2. The maximum absolute atomic E-state index is 13.3. The molecule has 0 aliphatic carbocycles. The van der Waals surface area contributed by atoms with E-state index in [1.807, 2.05) is 49.4 Å². The zero-order valence-corrected chi connectivity index (χ0v) is 20.8. The van der Waals surface area contributed by atoms with Crippen molar-refractivity contribution in [1.82, 2.24) is 4.90 Å². The average Bonchev–Trinajstić information content (AvgIpc) is 3.33. The third-order valence-corrected chi connectivity index (χ3v) is 7.43. The van der Waals surface area contributed by atoms with Crippen molar-refractivity contribution in [1.29, 1.82) is 0 Å². The van der Waals surface area contributed by atoms with Gasteiger partial charge in [0.05, 0.1) is 13.3 Å². The van der Waals surface area contributed by atoms with Crippen LogP contribution < -0.4 is 4.74 Å². The van der Waals surface area contributed by atoms with Crippen molar-refractivity contribution >= 4 is 17.2 Å². The van der Waals surface area contributed by atoms with Crippen LogP contribution in [0, 0.1) is 5.41 Å². The second-order valence-corrected chi connectivity index (χ2v) is 10.1. The van der Waals surface area contributed by atoms with Crippen molar-refractivity contribution in [3.05, 3.63) is 95.1 Å². The smallest absolute Gasteiger partial charge is 0.150 e. The third-order valence-electron chi connectivity index (χ3n) is 7.43. The van der Waals surface area contributed by atoms with Crippen LogP contribution in [0.3, 0.4) is 0 Å². The van der Waals surface area contributed by atoms with Gasteiger partial charge in [-0.1, -0.05) is 48.6 Å². The Morgan fingerprint density at radius 2 is 1.76 bits per heavy atom. The highest BCUT2D eigenvalue weighted by Gasteiger charge is 2.38. The van der Waals surface area contributed by atoms with Crippen LogP contribution >= 0.6 is 0 Å². The molecular weight excluding hydrogens is 472 g/mol. The SMILES string of the molecule is CC1=C(c2cccc(O)c2)C(c2ccc(/C=C\CN3CCC(CF)(CF)C3)cc2)Oc2ccc(O)cc21. The minimum atomic E-state index is -0.828. The molecule has 3 aromatic rings. The van der Waals surface area contributed by atoms with Crippen LogP contribution in [0.4, 0.5) is 8.78 Å². The van der Waals surface area contributed by atoms with Gasteiger partial charge < -0.3 is 14.9 Å². The number of hydrogen-bond donors (Lipinski definition) is 2. The first-order chi connectivity index (χ1) is 17.9. The maximum atomic E-state index is 13.3. The van der Waals surface area contributed by atoms with Crippen molar-refractivity contribution in [2.45, 2.75) is 19.4 Å². The van der Waals surface area contributed by atoms with Gasteiger partial charge in [0.15, 0.2) is 0 Å². The van der Waals surface area contributed by atoms with E-state index in [-0.39, 0.29) is 11.5 Å². The lowest BCUT2D eigenvalue weighted by molar-refractivity contribution is 0.157. The van der Waals surface area contributed by atoms with Crippen LogP contribution in [0.2, 0.25) is 0 Å². The van der Waals surface area contributed by atoms with Crippen LogP contribution in [-0.2, 0) is 0 Å². The second-order valence-electron chi connectivity index (χ2n) is 10.1. The molecule has 1 fully saturated rings. The predicted octanol–water partition coefficient (Wildman–Crippen LogP) is 6.81.